The number of aromatic nitrogens is 1. The molecule has 0 spiro atoms. The maximum Gasteiger partial charge on any atom is 0.404 e. The molecule has 0 fully saturated rings. The third-order valence-electron chi connectivity index (χ3n) is 2.46. The van der Waals surface area contributed by atoms with Crippen molar-refractivity contribution in [2.24, 2.45) is 0 Å². The molecule has 2 rings (SSSR count). The number of hydrogen-bond donors (Lipinski definition) is 1. The molecule has 6 heteroatoms. The Balaban J connectivity index is 2.23. The van der Waals surface area contributed by atoms with Crippen LogP contribution in [0.25, 0.3) is 11.1 Å². The van der Waals surface area contributed by atoms with E-state index in [1.54, 1.807) is 24.3 Å². The van der Waals surface area contributed by atoms with E-state index in [1.807, 2.05) is 0 Å². The zero-order valence-corrected chi connectivity index (χ0v) is 9.08. The second-order valence-corrected chi connectivity index (χ2v) is 3.66. The maximum absolute atomic E-state index is 12.5. The fourth-order valence-electron chi connectivity index (χ4n) is 1.56. The van der Waals surface area contributed by atoms with Gasteiger partial charge in [0.1, 0.15) is 11.6 Å². The maximum atomic E-state index is 12.5. The minimum atomic E-state index is -4.31. The second-order valence-electron chi connectivity index (χ2n) is 3.66. The summed E-state index contributed by atoms with van der Waals surface area (Å²) in [7, 11) is 1.26. The highest BCUT2D eigenvalue weighted by Gasteiger charge is 2.39. The Hall–Kier alpha value is -1.56. The van der Waals surface area contributed by atoms with Gasteiger partial charge in [-0.3, -0.25) is 0 Å². The lowest BCUT2D eigenvalue weighted by molar-refractivity contribution is -0.155. The molecule has 0 bridgehead atoms. The van der Waals surface area contributed by atoms with Crippen LogP contribution in [-0.4, -0.2) is 24.2 Å². The van der Waals surface area contributed by atoms with Gasteiger partial charge in [0.2, 0.25) is 0 Å². The van der Waals surface area contributed by atoms with Crippen LogP contribution in [-0.2, 0) is 6.42 Å². The highest BCUT2D eigenvalue weighted by Crippen LogP contribution is 2.24. The highest BCUT2D eigenvalue weighted by molar-refractivity contribution is 5.72. The number of alkyl halides is 3. The molecule has 0 radical (unpaired) electrons. The molecule has 0 amide bonds. The summed E-state index contributed by atoms with van der Waals surface area (Å²) in [5, 5.41) is 2.21. The summed E-state index contributed by atoms with van der Waals surface area (Å²) in [5.74, 6) is 0.0860. The number of halogens is 3. The van der Waals surface area contributed by atoms with Gasteiger partial charge in [-0.05, 0) is 19.2 Å². The van der Waals surface area contributed by atoms with Crippen LogP contribution in [0.3, 0.4) is 0 Å². The van der Waals surface area contributed by atoms with Gasteiger partial charge >= 0.3 is 6.18 Å². The summed E-state index contributed by atoms with van der Waals surface area (Å²) in [6, 6.07) is 5.23. The number of oxazole rings is 1. The van der Waals surface area contributed by atoms with Crippen molar-refractivity contribution in [2.45, 2.75) is 18.6 Å². The molecule has 1 N–H and O–H groups in total. The smallest absolute Gasteiger partial charge is 0.404 e. The van der Waals surface area contributed by atoms with Crippen LogP contribution < -0.4 is 5.32 Å². The normalized spacial score (nSPS) is 14.1. The summed E-state index contributed by atoms with van der Waals surface area (Å²) in [5.41, 5.74) is 1.07. The minimum absolute atomic E-state index is 0.0860. The van der Waals surface area contributed by atoms with Crippen molar-refractivity contribution in [3.05, 3.63) is 30.2 Å². The van der Waals surface area contributed by atoms with E-state index in [4.69, 9.17) is 4.42 Å². The molecule has 92 valence electrons. The molecule has 1 aromatic heterocycles. The number of likely N-dealkylation sites (N-methyl/N-ethyl adjacent to an activating group) is 1. The van der Waals surface area contributed by atoms with Crippen molar-refractivity contribution in [3.8, 4) is 0 Å². The van der Waals surface area contributed by atoms with Crippen LogP contribution in [0.5, 0.6) is 0 Å². The number of nitrogens with one attached hydrogen (secondary N) is 1. The van der Waals surface area contributed by atoms with Crippen molar-refractivity contribution in [1.82, 2.24) is 10.3 Å². The summed E-state index contributed by atoms with van der Waals surface area (Å²) in [4.78, 5) is 4.01. The lowest BCUT2D eigenvalue weighted by Crippen LogP contribution is -2.41. The zero-order valence-electron chi connectivity index (χ0n) is 9.08. The molecule has 17 heavy (non-hydrogen) atoms. The minimum Gasteiger partial charge on any atom is -0.441 e. The van der Waals surface area contributed by atoms with Crippen molar-refractivity contribution in [2.75, 3.05) is 7.05 Å². The van der Waals surface area contributed by atoms with Crippen molar-refractivity contribution < 1.29 is 17.6 Å². The molecule has 0 saturated carbocycles. The SMILES string of the molecule is CNC(Cc1nc2ccccc2o1)C(F)(F)F. The molecule has 0 aliphatic rings. The average Bonchev–Trinajstić information content (AvgIpc) is 2.66. The quantitative estimate of drug-likeness (QED) is 0.901. The first-order valence-electron chi connectivity index (χ1n) is 5.09. The zero-order chi connectivity index (χ0) is 12.5. The van der Waals surface area contributed by atoms with E-state index in [0.717, 1.165) is 0 Å². The molecular weight excluding hydrogens is 233 g/mol. The van der Waals surface area contributed by atoms with Gasteiger partial charge in [-0.1, -0.05) is 12.1 Å². The topological polar surface area (TPSA) is 38.1 Å². The molecule has 0 aliphatic carbocycles. The van der Waals surface area contributed by atoms with Crippen LogP contribution in [0.15, 0.2) is 28.7 Å². The van der Waals surface area contributed by atoms with Gasteiger partial charge < -0.3 is 9.73 Å². The number of benzene rings is 1. The highest BCUT2D eigenvalue weighted by atomic mass is 19.4. The van der Waals surface area contributed by atoms with Crippen LogP contribution in [0, 0.1) is 0 Å². The first-order valence-corrected chi connectivity index (χ1v) is 5.09. The molecule has 3 nitrogen and oxygen atoms in total. The molecule has 1 unspecified atom stereocenters. The van der Waals surface area contributed by atoms with Crippen molar-refractivity contribution >= 4 is 11.1 Å². The average molecular weight is 244 g/mol. The number of para-hydroxylation sites is 2. The largest absolute Gasteiger partial charge is 0.441 e. The van der Waals surface area contributed by atoms with Gasteiger partial charge in [-0.15, -0.1) is 0 Å². The van der Waals surface area contributed by atoms with Gasteiger partial charge in [0.05, 0.1) is 0 Å². The standard InChI is InChI=1S/C11H11F3N2O/c1-15-9(11(12,13)14)6-10-16-7-4-2-3-5-8(7)17-10/h2-5,9,15H,6H2,1H3. The lowest BCUT2D eigenvalue weighted by Gasteiger charge is -2.17. The number of nitrogens with zero attached hydrogens (tertiary/aromatic N) is 1. The van der Waals surface area contributed by atoms with E-state index in [0.29, 0.717) is 11.1 Å². The molecule has 2 aromatic rings. The van der Waals surface area contributed by atoms with Gasteiger partial charge in [-0.2, -0.15) is 13.2 Å². The Kier molecular flexibility index (Phi) is 3.06. The Morgan fingerprint density at radius 1 is 1.35 bits per heavy atom. The summed E-state index contributed by atoms with van der Waals surface area (Å²) in [6.07, 6.45) is -4.62. The Bertz CT molecular complexity index is 474. The fourth-order valence-corrected chi connectivity index (χ4v) is 1.56. The summed E-state index contributed by atoms with van der Waals surface area (Å²) < 4.78 is 42.8. The lowest BCUT2D eigenvalue weighted by atomic mass is 10.2. The van der Waals surface area contributed by atoms with Crippen molar-refractivity contribution in [3.63, 3.8) is 0 Å². The first kappa shape index (κ1) is 11.9. The number of hydrogen-bond acceptors (Lipinski definition) is 3. The summed E-state index contributed by atoms with van der Waals surface area (Å²) >= 11 is 0. The van der Waals surface area contributed by atoms with E-state index in [1.165, 1.54) is 7.05 Å². The fraction of sp³-hybridized carbons (Fsp3) is 0.364. The number of rotatable bonds is 3. The molecule has 1 heterocycles. The van der Waals surface area contributed by atoms with Gasteiger partial charge in [0, 0.05) is 6.42 Å². The molecule has 1 atom stereocenters. The summed E-state index contributed by atoms with van der Waals surface area (Å²) in [6.45, 7) is 0. The van der Waals surface area contributed by atoms with Gasteiger partial charge in [0.25, 0.3) is 0 Å². The van der Waals surface area contributed by atoms with Crippen LogP contribution >= 0.6 is 0 Å². The number of fused-ring (bicyclic) bond motifs is 1. The van der Waals surface area contributed by atoms with E-state index in [-0.39, 0.29) is 12.3 Å². The Labute approximate surface area is 95.6 Å². The van der Waals surface area contributed by atoms with E-state index >= 15 is 0 Å². The third-order valence-corrected chi connectivity index (χ3v) is 2.46. The molecule has 0 saturated heterocycles. The van der Waals surface area contributed by atoms with E-state index in [9.17, 15) is 13.2 Å². The van der Waals surface area contributed by atoms with E-state index in [2.05, 4.69) is 10.3 Å². The monoisotopic (exact) mass is 244 g/mol. The molecule has 1 aromatic carbocycles. The van der Waals surface area contributed by atoms with Crippen LogP contribution in [0.2, 0.25) is 0 Å². The van der Waals surface area contributed by atoms with E-state index < -0.39 is 12.2 Å². The predicted octanol–water partition coefficient (Wildman–Crippen LogP) is 2.52. The van der Waals surface area contributed by atoms with Gasteiger partial charge in [-0.25, -0.2) is 4.98 Å². The molecule has 0 aliphatic heterocycles. The second kappa shape index (κ2) is 4.37. The Morgan fingerprint density at radius 3 is 2.65 bits per heavy atom. The first-order chi connectivity index (χ1) is 8.00. The Morgan fingerprint density at radius 2 is 2.06 bits per heavy atom. The third kappa shape index (κ3) is 2.58. The predicted molar refractivity (Wildman–Crippen MR) is 56.6 cm³/mol. The van der Waals surface area contributed by atoms with Gasteiger partial charge in [0.15, 0.2) is 11.5 Å². The van der Waals surface area contributed by atoms with Crippen LogP contribution in [0.1, 0.15) is 5.89 Å². The molecular formula is C11H11F3N2O. The van der Waals surface area contributed by atoms with Crippen molar-refractivity contribution in [1.29, 1.82) is 0 Å². The van der Waals surface area contributed by atoms with Crippen LogP contribution in [0.4, 0.5) is 13.2 Å².